The number of alkyl halides is 2. The Balaban J connectivity index is 1.88. The van der Waals surface area contributed by atoms with Crippen molar-refractivity contribution in [1.29, 1.82) is 0 Å². The van der Waals surface area contributed by atoms with Crippen molar-refractivity contribution in [3.05, 3.63) is 64.2 Å². The summed E-state index contributed by atoms with van der Waals surface area (Å²) >= 11 is 6.51. The molecule has 3 aromatic rings. The lowest BCUT2D eigenvalue weighted by Gasteiger charge is -2.20. The molecule has 1 unspecified atom stereocenters. The molecule has 9 heteroatoms. The average Bonchev–Trinajstić information content (AvgIpc) is 3.13. The van der Waals surface area contributed by atoms with Gasteiger partial charge < -0.3 is 19.5 Å². The molecule has 0 bridgehead atoms. The Labute approximate surface area is 206 Å². The van der Waals surface area contributed by atoms with E-state index >= 15 is 0 Å². The first kappa shape index (κ1) is 24.7. The minimum Gasteiger partial charge on any atom is -0.490 e. The van der Waals surface area contributed by atoms with Crippen LogP contribution in [0.3, 0.4) is 0 Å². The fourth-order valence-corrected chi connectivity index (χ4v) is 4.75. The van der Waals surface area contributed by atoms with E-state index in [0.29, 0.717) is 39.8 Å². The summed E-state index contributed by atoms with van der Waals surface area (Å²) in [5.41, 5.74) is 1.26. The lowest BCUT2D eigenvalue weighted by Crippen LogP contribution is -2.24. The van der Waals surface area contributed by atoms with Crippen LogP contribution in [0.15, 0.2) is 42.5 Å². The number of anilines is 1. The third-order valence-corrected chi connectivity index (χ3v) is 6.23. The maximum absolute atomic E-state index is 13.6. The van der Waals surface area contributed by atoms with Crippen molar-refractivity contribution in [3.8, 4) is 11.5 Å². The normalized spacial score (nSPS) is 14.1. The molecule has 6 nitrogen and oxygen atoms in total. The number of carboxylic acids is 1. The van der Waals surface area contributed by atoms with Crippen LogP contribution >= 0.6 is 11.6 Å². The van der Waals surface area contributed by atoms with Crippen LogP contribution in [0.25, 0.3) is 10.8 Å². The van der Waals surface area contributed by atoms with Crippen molar-refractivity contribution in [2.75, 3.05) is 4.90 Å². The highest BCUT2D eigenvalue weighted by molar-refractivity contribution is 6.34. The van der Waals surface area contributed by atoms with Crippen molar-refractivity contribution in [1.82, 2.24) is 0 Å². The Kier molecular flexibility index (Phi) is 6.85. The van der Waals surface area contributed by atoms with Crippen molar-refractivity contribution in [2.45, 2.75) is 52.4 Å². The summed E-state index contributed by atoms with van der Waals surface area (Å²) < 4.78 is 37.8. The summed E-state index contributed by atoms with van der Waals surface area (Å²) in [5, 5.41) is 10.5. The number of hydrogen-bond acceptors (Lipinski definition) is 4. The number of fused-ring (bicyclic) bond motifs is 2. The van der Waals surface area contributed by atoms with Gasteiger partial charge in [-0.2, -0.15) is 8.78 Å². The number of nitrogens with zero attached hydrogens (tertiary/aromatic N) is 1. The largest absolute Gasteiger partial charge is 0.490 e. The first-order valence-corrected chi connectivity index (χ1v) is 11.5. The van der Waals surface area contributed by atoms with Gasteiger partial charge in [-0.3, -0.25) is 9.59 Å². The number of carbonyl (C=O) groups is 2. The van der Waals surface area contributed by atoms with E-state index < -0.39 is 24.4 Å². The summed E-state index contributed by atoms with van der Waals surface area (Å²) in [6.45, 7) is 2.32. The molecule has 4 rings (SSSR count). The molecular weight excluding hydrogens is 480 g/mol. The molecule has 1 aliphatic rings. The zero-order chi connectivity index (χ0) is 25.4. The fourth-order valence-electron chi connectivity index (χ4n) is 4.46. The molecule has 1 aliphatic heterocycles. The number of rotatable bonds is 8. The molecule has 0 aliphatic carbocycles. The number of hydrogen-bond donors (Lipinski definition) is 1. The number of halogens is 3. The first-order chi connectivity index (χ1) is 16.6. The highest BCUT2D eigenvalue weighted by Crippen LogP contribution is 2.47. The highest BCUT2D eigenvalue weighted by Gasteiger charge is 2.38. The lowest BCUT2D eigenvalue weighted by atomic mass is 9.96. The van der Waals surface area contributed by atoms with Crippen molar-refractivity contribution in [3.63, 3.8) is 0 Å². The number of carboxylic acid groups (broad SMARTS) is 1. The molecule has 0 spiro atoms. The second-order valence-electron chi connectivity index (χ2n) is 8.50. The number of amides is 1. The van der Waals surface area contributed by atoms with Gasteiger partial charge >= 0.3 is 12.6 Å². The molecule has 3 aromatic carbocycles. The van der Waals surface area contributed by atoms with E-state index in [4.69, 9.17) is 21.1 Å². The zero-order valence-electron chi connectivity index (χ0n) is 19.3. The number of benzene rings is 3. The lowest BCUT2D eigenvalue weighted by molar-refractivity contribution is -0.138. The van der Waals surface area contributed by atoms with Crippen LogP contribution in [-0.4, -0.2) is 29.7 Å². The van der Waals surface area contributed by atoms with Gasteiger partial charge in [0, 0.05) is 16.3 Å². The van der Waals surface area contributed by atoms with Crippen molar-refractivity contribution < 1.29 is 33.0 Å². The van der Waals surface area contributed by atoms with Crippen LogP contribution in [-0.2, 0) is 11.3 Å². The van der Waals surface area contributed by atoms with Gasteiger partial charge in [0.2, 0.25) is 0 Å². The van der Waals surface area contributed by atoms with Crippen molar-refractivity contribution >= 4 is 39.9 Å². The predicted octanol–water partition coefficient (Wildman–Crippen LogP) is 6.62. The van der Waals surface area contributed by atoms with E-state index in [-0.39, 0.29) is 29.0 Å². The number of aliphatic carboxylic acids is 1. The summed E-state index contributed by atoms with van der Waals surface area (Å²) in [4.78, 5) is 26.5. The molecule has 0 aromatic heterocycles. The standard InChI is InChI=1S/C26H24ClF2NO5/c1-4-15(25(32)33)14-9-10-20(19(27)11-14)30-12-18-21(24(30)31)23(35-26(28)29)17-8-6-5-7-16(17)22(18)34-13(2)3/h5-11,13,15,26H,4,12H2,1-3H3,(H,32,33). The monoisotopic (exact) mass is 503 g/mol. The average molecular weight is 504 g/mol. The van der Waals surface area contributed by atoms with Gasteiger partial charge in [0.1, 0.15) is 11.5 Å². The maximum atomic E-state index is 13.6. The van der Waals surface area contributed by atoms with Gasteiger partial charge in [0.05, 0.1) is 34.8 Å². The van der Waals surface area contributed by atoms with Gasteiger partial charge in [0.25, 0.3) is 5.91 Å². The second kappa shape index (κ2) is 9.70. The van der Waals surface area contributed by atoms with Gasteiger partial charge in [-0.1, -0.05) is 48.9 Å². The molecule has 0 radical (unpaired) electrons. The van der Waals surface area contributed by atoms with Crippen LogP contribution in [0.1, 0.15) is 54.6 Å². The Morgan fingerprint density at radius 3 is 2.31 bits per heavy atom. The third kappa shape index (κ3) is 4.50. The van der Waals surface area contributed by atoms with E-state index in [9.17, 15) is 23.5 Å². The molecule has 0 fully saturated rings. The number of ether oxygens (including phenoxy) is 2. The van der Waals surface area contributed by atoms with Gasteiger partial charge in [0.15, 0.2) is 0 Å². The third-order valence-electron chi connectivity index (χ3n) is 5.93. The molecule has 1 heterocycles. The molecule has 1 atom stereocenters. The topological polar surface area (TPSA) is 76.1 Å². The van der Waals surface area contributed by atoms with E-state index in [1.165, 1.54) is 11.0 Å². The van der Waals surface area contributed by atoms with E-state index in [1.807, 2.05) is 13.8 Å². The Morgan fingerprint density at radius 2 is 1.77 bits per heavy atom. The van der Waals surface area contributed by atoms with E-state index in [2.05, 4.69) is 0 Å². The fraction of sp³-hybridized carbons (Fsp3) is 0.308. The summed E-state index contributed by atoms with van der Waals surface area (Å²) in [5.74, 6) is -2.06. The molecule has 1 amide bonds. The van der Waals surface area contributed by atoms with Gasteiger partial charge in [-0.05, 0) is 38.0 Å². The highest BCUT2D eigenvalue weighted by atomic mass is 35.5. The summed E-state index contributed by atoms with van der Waals surface area (Å²) in [6, 6.07) is 11.5. The Morgan fingerprint density at radius 1 is 1.11 bits per heavy atom. The zero-order valence-corrected chi connectivity index (χ0v) is 20.1. The molecule has 35 heavy (non-hydrogen) atoms. The van der Waals surface area contributed by atoms with Crippen LogP contribution in [0, 0.1) is 0 Å². The molecule has 0 saturated carbocycles. The minimum absolute atomic E-state index is 0.00300. The molecule has 1 N–H and O–H groups in total. The molecule has 0 saturated heterocycles. The number of carbonyl (C=O) groups excluding carboxylic acids is 1. The van der Waals surface area contributed by atoms with Crippen LogP contribution in [0.4, 0.5) is 14.5 Å². The second-order valence-corrected chi connectivity index (χ2v) is 8.91. The Hall–Kier alpha value is -3.39. The Bertz CT molecular complexity index is 1310. The van der Waals surface area contributed by atoms with Gasteiger partial charge in [-0.25, -0.2) is 0 Å². The van der Waals surface area contributed by atoms with E-state index in [1.54, 1.807) is 43.3 Å². The van der Waals surface area contributed by atoms with Crippen LogP contribution < -0.4 is 14.4 Å². The molecule has 184 valence electrons. The maximum Gasteiger partial charge on any atom is 0.387 e. The SMILES string of the molecule is CCC(C(=O)O)c1ccc(N2Cc3c(c(OC(F)F)c4ccccc4c3OC(C)C)C2=O)c(Cl)c1. The van der Waals surface area contributed by atoms with Crippen LogP contribution in [0.5, 0.6) is 11.5 Å². The summed E-state index contributed by atoms with van der Waals surface area (Å²) in [6.07, 6.45) is 0.133. The quantitative estimate of drug-likeness (QED) is 0.374. The van der Waals surface area contributed by atoms with E-state index in [0.717, 1.165) is 0 Å². The van der Waals surface area contributed by atoms with Crippen LogP contribution in [0.2, 0.25) is 5.02 Å². The van der Waals surface area contributed by atoms with Crippen molar-refractivity contribution in [2.24, 2.45) is 0 Å². The first-order valence-electron chi connectivity index (χ1n) is 11.2. The smallest absolute Gasteiger partial charge is 0.387 e. The predicted molar refractivity (Wildman–Crippen MR) is 129 cm³/mol. The van der Waals surface area contributed by atoms with Gasteiger partial charge in [-0.15, -0.1) is 0 Å². The minimum atomic E-state index is -3.13. The summed E-state index contributed by atoms with van der Waals surface area (Å²) in [7, 11) is 0. The molecular formula is C26H24ClF2NO5.